The van der Waals surface area contributed by atoms with Crippen LogP contribution in [0.2, 0.25) is 0 Å². The zero-order valence-corrected chi connectivity index (χ0v) is 16.7. The van der Waals surface area contributed by atoms with Crippen molar-refractivity contribution in [2.45, 2.75) is 13.3 Å². The molecule has 1 atom stereocenters. The Labute approximate surface area is 176 Å². The molecular formula is C26H22N2O2. The van der Waals surface area contributed by atoms with E-state index in [1.165, 1.54) is 11.1 Å². The fourth-order valence-corrected chi connectivity index (χ4v) is 3.66. The highest BCUT2D eigenvalue weighted by Crippen LogP contribution is 2.37. The van der Waals surface area contributed by atoms with Gasteiger partial charge in [-0.05, 0) is 37.1 Å². The van der Waals surface area contributed by atoms with E-state index in [1.807, 2.05) is 85.8 Å². The maximum atomic E-state index is 13.6. The zero-order valence-electron chi connectivity index (χ0n) is 16.7. The van der Waals surface area contributed by atoms with Crippen molar-refractivity contribution in [2.24, 2.45) is 10.5 Å². The lowest BCUT2D eigenvalue weighted by Gasteiger charge is -2.25. The second kappa shape index (κ2) is 8.29. The number of carbonyl (C=O) groups is 2. The molecule has 0 saturated heterocycles. The lowest BCUT2D eigenvalue weighted by Crippen LogP contribution is -2.39. The normalized spacial score (nSPS) is 18.6. The number of allylic oxidation sites excluding steroid dienone is 1. The van der Waals surface area contributed by atoms with Gasteiger partial charge in [-0.25, -0.2) is 0 Å². The summed E-state index contributed by atoms with van der Waals surface area (Å²) < 4.78 is 0. The number of benzene rings is 3. The molecule has 0 unspecified atom stereocenters. The molecule has 3 aromatic carbocycles. The van der Waals surface area contributed by atoms with Crippen LogP contribution < -0.4 is 5.01 Å². The molecule has 0 radical (unpaired) electrons. The van der Waals surface area contributed by atoms with Crippen LogP contribution in [0.25, 0.3) is 0 Å². The van der Waals surface area contributed by atoms with Gasteiger partial charge in [0.25, 0.3) is 5.91 Å². The fraction of sp³-hybridized carbons (Fsp3) is 0.115. The molecule has 0 fully saturated rings. The highest BCUT2D eigenvalue weighted by atomic mass is 16.2. The third-order valence-corrected chi connectivity index (χ3v) is 5.37. The van der Waals surface area contributed by atoms with E-state index >= 15 is 0 Å². The van der Waals surface area contributed by atoms with E-state index < -0.39 is 5.41 Å². The third-order valence-electron chi connectivity index (χ3n) is 5.37. The van der Waals surface area contributed by atoms with Crippen LogP contribution in [0.4, 0.5) is 5.69 Å². The molecule has 0 aromatic heterocycles. The topological polar surface area (TPSA) is 49.7 Å². The number of nitrogens with zero attached hydrogens (tertiary/aromatic N) is 2. The van der Waals surface area contributed by atoms with Gasteiger partial charge >= 0.3 is 0 Å². The van der Waals surface area contributed by atoms with E-state index in [9.17, 15) is 9.59 Å². The van der Waals surface area contributed by atoms with E-state index in [0.29, 0.717) is 23.4 Å². The molecule has 1 amide bonds. The van der Waals surface area contributed by atoms with Crippen molar-refractivity contribution in [3.63, 3.8) is 0 Å². The fourth-order valence-electron chi connectivity index (χ4n) is 3.66. The smallest absolute Gasteiger partial charge is 0.263 e. The number of para-hydroxylation sites is 1. The van der Waals surface area contributed by atoms with Crippen molar-refractivity contribution in [2.75, 3.05) is 5.01 Å². The summed E-state index contributed by atoms with van der Waals surface area (Å²) in [7, 11) is 0. The molecule has 0 bridgehead atoms. The highest BCUT2D eigenvalue weighted by molar-refractivity contribution is 6.21. The van der Waals surface area contributed by atoms with Gasteiger partial charge in [-0.1, -0.05) is 84.9 Å². The molecule has 1 aliphatic rings. The van der Waals surface area contributed by atoms with Gasteiger partial charge in [0.1, 0.15) is 5.41 Å². The van der Waals surface area contributed by atoms with Gasteiger partial charge in [-0.3, -0.25) is 9.59 Å². The molecule has 148 valence electrons. The van der Waals surface area contributed by atoms with Gasteiger partial charge in [-0.2, -0.15) is 10.1 Å². The third kappa shape index (κ3) is 3.72. The summed E-state index contributed by atoms with van der Waals surface area (Å²) in [6.07, 6.45) is 3.66. The Bertz CT molecular complexity index is 1110. The summed E-state index contributed by atoms with van der Waals surface area (Å²) >= 11 is 0. The Morgan fingerprint density at radius 3 is 2.10 bits per heavy atom. The SMILES string of the molecule is CC1=NN(c2ccccc2)C(=O)[C@]1(/C=C\C(=O)c1ccccc1)Cc1ccccc1. The molecule has 4 nitrogen and oxygen atoms in total. The van der Waals surface area contributed by atoms with E-state index in [2.05, 4.69) is 5.10 Å². The summed E-state index contributed by atoms with van der Waals surface area (Å²) in [6.45, 7) is 1.85. The Kier molecular flexibility index (Phi) is 5.40. The second-order valence-electron chi connectivity index (χ2n) is 7.34. The summed E-state index contributed by atoms with van der Waals surface area (Å²) in [5.41, 5.74) is 1.95. The molecule has 0 aliphatic carbocycles. The first kappa shape index (κ1) is 19.5. The van der Waals surface area contributed by atoms with Gasteiger partial charge in [0.2, 0.25) is 0 Å². The van der Waals surface area contributed by atoms with Crippen molar-refractivity contribution in [1.29, 1.82) is 0 Å². The number of hydrogen-bond acceptors (Lipinski definition) is 3. The minimum Gasteiger partial charge on any atom is -0.289 e. The molecule has 1 aliphatic heterocycles. The number of rotatable bonds is 6. The first-order valence-electron chi connectivity index (χ1n) is 9.88. The van der Waals surface area contributed by atoms with Crippen molar-refractivity contribution in [3.05, 3.63) is 114 Å². The van der Waals surface area contributed by atoms with Crippen molar-refractivity contribution in [1.82, 2.24) is 0 Å². The van der Waals surface area contributed by atoms with Crippen LogP contribution in [-0.2, 0) is 11.2 Å². The van der Waals surface area contributed by atoms with Crippen LogP contribution in [0, 0.1) is 5.41 Å². The Hall–Kier alpha value is -3.79. The molecule has 4 heteroatoms. The molecule has 0 N–H and O–H groups in total. The largest absolute Gasteiger partial charge is 0.289 e. The van der Waals surface area contributed by atoms with Gasteiger partial charge < -0.3 is 0 Å². The van der Waals surface area contributed by atoms with E-state index in [1.54, 1.807) is 18.2 Å². The minimum atomic E-state index is -1.01. The molecule has 4 rings (SSSR count). The summed E-state index contributed by atoms with van der Waals surface area (Å²) in [5, 5.41) is 6.02. The molecule has 0 spiro atoms. The van der Waals surface area contributed by atoms with Gasteiger partial charge in [0.15, 0.2) is 5.78 Å². The first-order valence-corrected chi connectivity index (χ1v) is 9.88. The Morgan fingerprint density at radius 2 is 1.47 bits per heavy atom. The van der Waals surface area contributed by atoms with Gasteiger partial charge in [-0.15, -0.1) is 0 Å². The van der Waals surface area contributed by atoms with Crippen LogP contribution in [0.1, 0.15) is 22.8 Å². The molecule has 1 heterocycles. The number of anilines is 1. The lowest BCUT2D eigenvalue weighted by atomic mass is 9.77. The van der Waals surface area contributed by atoms with Crippen molar-refractivity contribution in [3.8, 4) is 0 Å². The minimum absolute atomic E-state index is 0.137. The Balaban J connectivity index is 1.73. The number of carbonyl (C=O) groups excluding carboxylic acids is 2. The second-order valence-corrected chi connectivity index (χ2v) is 7.34. The van der Waals surface area contributed by atoms with E-state index in [4.69, 9.17) is 0 Å². The van der Waals surface area contributed by atoms with Crippen LogP contribution >= 0.6 is 0 Å². The number of hydrogen-bond donors (Lipinski definition) is 0. The number of amides is 1. The predicted molar refractivity (Wildman–Crippen MR) is 120 cm³/mol. The molecule has 0 saturated carbocycles. The standard InChI is InChI=1S/C26H22N2O2/c1-20-26(19-21-11-5-2-6-12-21,18-17-24(29)22-13-7-3-8-14-22)25(30)28(27-20)23-15-9-4-10-16-23/h2-18H,19H2,1H3/b18-17-/t26-/m1/s1. The number of hydrazone groups is 1. The number of ketones is 1. The average Bonchev–Trinajstić information content (AvgIpc) is 3.04. The first-order chi connectivity index (χ1) is 14.6. The summed E-state index contributed by atoms with van der Waals surface area (Å²) in [4.78, 5) is 26.3. The molecular weight excluding hydrogens is 372 g/mol. The van der Waals surface area contributed by atoms with Crippen LogP contribution in [-0.4, -0.2) is 17.4 Å². The van der Waals surface area contributed by atoms with E-state index in [-0.39, 0.29) is 11.7 Å². The average molecular weight is 394 g/mol. The highest BCUT2D eigenvalue weighted by Gasteiger charge is 2.47. The molecule has 30 heavy (non-hydrogen) atoms. The van der Waals surface area contributed by atoms with Crippen LogP contribution in [0.3, 0.4) is 0 Å². The van der Waals surface area contributed by atoms with Gasteiger partial charge in [0, 0.05) is 5.56 Å². The lowest BCUT2D eigenvalue weighted by molar-refractivity contribution is -0.122. The monoisotopic (exact) mass is 394 g/mol. The van der Waals surface area contributed by atoms with Crippen molar-refractivity contribution < 1.29 is 9.59 Å². The quantitative estimate of drug-likeness (QED) is 0.433. The maximum absolute atomic E-state index is 13.6. The van der Waals surface area contributed by atoms with E-state index in [0.717, 1.165) is 5.56 Å². The van der Waals surface area contributed by atoms with Crippen molar-refractivity contribution >= 4 is 23.1 Å². The van der Waals surface area contributed by atoms with Gasteiger partial charge in [0.05, 0.1) is 11.4 Å². The zero-order chi connectivity index (χ0) is 21.0. The van der Waals surface area contributed by atoms with Crippen LogP contribution in [0.5, 0.6) is 0 Å². The Morgan fingerprint density at radius 1 is 0.900 bits per heavy atom. The predicted octanol–water partition coefficient (Wildman–Crippen LogP) is 5.08. The van der Waals surface area contributed by atoms with Crippen LogP contribution in [0.15, 0.2) is 108 Å². The summed E-state index contributed by atoms with van der Waals surface area (Å²) in [6, 6.07) is 28.2. The molecule has 3 aromatic rings. The summed E-state index contributed by atoms with van der Waals surface area (Å²) in [5.74, 6) is -0.297. The maximum Gasteiger partial charge on any atom is 0.263 e.